The third kappa shape index (κ3) is 4.70. The second-order valence-corrected chi connectivity index (χ2v) is 8.25. The van der Waals surface area contributed by atoms with Gasteiger partial charge in [0.1, 0.15) is 5.82 Å². The van der Waals surface area contributed by atoms with E-state index in [0.717, 1.165) is 77.3 Å². The summed E-state index contributed by atoms with van der Waals surface area (Å²) in [6.07, 6.45) is 11.7. The van der Waals surface area contributed by atoms with Gasteiger partial charge in [-0.05, 0) is 50.2 Å². The molecule has 3 heterocycles. The Morgan fingerprint density at radius 1 is 1.07 bits per heavy atom. The van der Waals surface area contributed by atoms with Crippen LogP contribution in [0.4, 0.5) is 5.82 Å². The van der Waals surface area contributed by atoms with Gasteiger partial charge in [0, 0.05) is 57.9 Å². The largest absolute Gasteiger partial charge is 0.354 e. The van der Waals surface area contributed by atoms with E-state index in [4.69, 9.17) is 0 Å². The Balaban J connectivity index is 1.25. The van der Waals surface area contributed by atoms with Crippen LogP contribution in [0.3, 0.4) is 0 Å². The van der Waals surface area contributed by atoms with Crippen molar-refractivity contribution in [3.05, 3.63) is 36.5 Å². The lowest BCUT2D eigenvalue weighted by atomic mass is 9.90. The summed E-state index contributed by atoms with van der Waals surface area (Å²) < 4.78 is 0. The standard InChI is InChI=1S/C22H32N4O/c27-22(20-8-2-1-3-9-20)26-12-6-7-19(18-26)17-24-13-15-25(16-14-24)21-10-4-5-11-23-21/h1-2,4-5,10-11,19-20H,3,6-9,12-18H2/t19-,20+/m0/s1. The first kappa shape index (κ1) is 18.5. The van der Waals surface area contributed by atoms with Crippen LogP contribution < -0.4 is 4.90 Å². The van der Waals surface area contributed by atoms with Crippen LogP contribution in [0.25, 0.3) is 0 Å². The summed E-state index contributed by atoms with van der Waals surface area (Å²) in [5.74, 6) is 2.36. The number of anilines is 1. The number of allylic oxidation sites excluding steroid dienone is 2. The quantitative estimate of drug-likeness (QED) is 0.766. The van der Waals surface area contributed by atoms with E-state index < -0.39 is 0 Å². The normalized spacial score (nSPS) is 27.0. The maximum absolute atomic E-state index is 12.9. The molecular formula is C22H32N4O. The summed E-state index contributed by atoms with van der Waals surface area (Å²) in [4.78, 5) is 24.5. The number of pyridine rings is 1. The van der Waals surface area contributed by atoms with E-state index in [1.165, 1.54) is 6.42 Å². The van der Waals surface area contributed by atoms with E-state index in [0.29, 0.717) is 11.8 Å². The molecule has 0 saturated carbocycles. The number of carbonyl (C=O) groups excluding carboxylic acids is 1. The van der Waals surface area contributed by atoms with E-state index in [2.05, 4.69) is 44.0 Å². The number of piperazine rings is 1. The minimum Gasteiger partial charge on any atom is -0.354 e. The van der Waals surface area contributed by atoms with Gasteiger partial charge in [-0.25, -0.2) is 4.98 Å². The summed E-state index contributed by atoms with van der Waals surface area (Å²) >= 11 is 0. The highest BCUT2D eigenvalue weighted by Gasteiger charge is 2.30. The molecule has 2 aliphatic heterocycles. The summed E-state index contributed by atoms with van der Waals surface area (Å²) in [6, 6.07) is 6.13. The molecule has 2 atom stereocenters. The second kappa shape index (κ2) is 8.87. The molecule has 0 spiro atoms. The van der Waals surface area contributed by atoms with Crippen molar-refractivity contribution in [1.82, 2.24) is 14.8 Å². The molecule has 0 bridgehead atoms. The number of hydrogen-bond acceptors (Lipinski definition) is 4. The number of nitrogens with zero attached hydrogens (tertiary/aromatic N) is 4. The average Bonchev–Trinajstić information content (AvgIpc) is 2.75. The Bertz CT molecular complexity index is 639. The molecule has 5 heteroatoms. The van der Waals surface area contributed by atoms with Gasteiger partial charge in [-0.1, -0.05) is 18.2 Å². The van der Waals surface area contributed by atoms with Gasteiger partial charge in [-0.2, -0.15) is 0 Å². The van der Waals surface area contributed by atoms with E-state index >= 15 is 0 Å². The first-order valence-electron chi connectivity index (χ1n) is 10.6. The van der Waals surface area contributed by atoms with Gasteiger partial charge in [0.15, 0.2) is 0 Å². The lowest BCUT2D eigenvalue weighted by Gasteiger charge is -2.40. The van der Waals surface area contributed by atoms with Gasteiger partial charge in [0.25, 0.3) is 0 Å². The second-order valence-electron chi connectivity index (χ2n) is 8.25. The highest BCUT2D eigenvalue weighted by atomic mass is 16.2. The summed E-state index contributed by atoms with van der Waals surface area (Å²) in [7, 11) is 0. The molecule has 3 aliphatic rings. The molecule has 1 aromatic rings. The van der Waals surface area contributed by atoms with Crippen molar-refractivity contribution in [2.75, 3.05) is 50.7 Å². The van der Waals surface area contributed by atoms with Crippen molar-refractivity contribution in [2.45, 2.75) is 32.1 Å². The Morgan fingerprint density at radius 3 is 2.70 bits per heavy atom. The number of hydrogen-bond donors (Lipinski definition) is 0. The Morgan fingerprint density at radius 2 is 1.96 bits per heavy atom. The molecule has 5 nitrogen and oxygen atoms in total. The monoisotopic (exact) mass is 368 g/mol. The molecule has 146 valence electrons. The zero-order valence-electron chi connectivity index (χ0n) is 16.3. The molecule has 2 saturated heterocycles. The smallest absolute Gasteiger partial charge is 0.226 e. The lowest BCUT2D eigenvalue weighted by Crippen LogP contribution is -2.51. The molecule has 2 fully saturated rings. The summed E-state index contributed by atoms with van der Waals surface area (Å²) in [6.45, 7) is 7.32. The maximum Gasteiger partial charge on any atom is 0.226 e. The third-order valence-electron chi connectivity index (χ3n) is 6.31. The van der Waals surface area contributed by atoms with Gasteiger partial charge < -0.3 is 9.80 Å². The average molecular weight is 369 g/mol. The lowest BCUT2D eigenvalue weighted by molar-refractivity contribution is -0.137. The molecule has 0 radical (unpaired) electrons. The molecule has 27 heavy (non-hydrogen) atoms. The molecule has 0 aromatic carbocycles. The van der Waals surface area contributed by atoms with Crippen LogP contribution >= 0.6 is 0 Å². The van der Waals surface area contributed by atoms with Crippen LogP contribution in [-0.2, 0) is 4.79 Å². The fourth-order valence-corrected chi connectivity index (χ4v) is 4.76. The molecule has 4 rings (SSSR count). The number of piperidine rings is 1. The van der Waals surface area contributed by atoms with Crippen LogP contribution in [0.5, 0.6) is 0 Å². The van der Waals surface area contributed by atoms with Crippen LogP contribution in [0.2, 0.25) is 0 Å². The molecule has 0 N–H and O–H groups in total. The van der Waals surface area contributed by atoms with Crippen molar-refractivity contribution >= 4 is 11.7 Å². The number of rotatable bonds is 4. The van der Waals surface area contributed by atoms with E-state index in [-0.39, 0.29) is 5.92 Å². The van der Waals surface area contributed by atoms with Gasteiger partial charge >= 0.3 is 0 Å². The van der Waals surface area contributed by atoms with Gasteiger partial charge in [-0.3, -0.25) is 9.69 Å². The van der Waals surface area contributed by atoms with Crippen molar-refractivity contribution in [2.24, 2.45) is 11.8 Å². The fraction of sp³-hybridized carbons (Fsp3) is 0.636. The fourth-order valence-electron chi connectivity index (χ4n) is 4.76. The highest BCUT2D eigenvalue weighted by molar-refractivity contribution is 5.79. The van der Waals surface area contributed by atoms with Crippen molar-refractivity contribution < 1.29 is 4.79 Å². The Hall–Kier alpha value is -1.88. The van der Waals surface area contributed by atoms with Crippen LogP contribution in [-0.4, -0.2) is 66.5 Å². The molecule has 1 aromatic heterocycles. The first-order chi connectivity index (χ1) is 13.3. The van der Waals surface area contributed by atoms with E-state index in [9.17, 15) is 4.79 Å². The number of amides is 1. The predicted molar refractivity (Wildman–Crippen MR) is 109 cm³/mol. The van der Waals surface area contributed by atoms with Gasteiger partial charge in [-0.15, -0.1) is 0 Å². The van der Waals surface area contributed by atoms with E-state index in [1.54, 1.807) is 0 Å². The predicted octanol–water partition coefficient (Wildman–Crippen LogP) is 2.80. The molecule has 1 amide bonds. The summed E-state index contributed by atoms with van der Waals surface area (Å²) in [5.41, 5.74) is 0. The third-order valence-corrected chi connectivity index (χ3v) is 6.31. The van der Waals surface area contributed by atoms with Crippen LogP contribution in [0.15, 0.2) is 36.5 Å². The Labute approximate surface area is 163 Å². The Kier molecular flexibility index (Phi) is 6.07. The van der Waals surface area contributed by atoms with Gasteiger partial charge in [0.2, 0.25) is 5.91 Å². The van der Waals surface area contributed by atoms with Crippen LogP contribution in [0, 0.1) is 11.8 Å². The highest BCUT2D eigenvalue weighted by Crippen LogP contribution is 2.25. The molecule has 1 aliphatic carbocycles. The maximum atomic E-state index is 12.9. The van der Waals surface area contributed by atoms with Crippen molar-refractivity contribution in [1.29, 1.82) is 0 Å². The molecule has 0 unspecified atom stereocenters. The van der Waals surface area contributed by atoms with Crippen LogP contribution in [0.1, 0.15) is 32.1 Å². The number of aromatic nitrogens is 1. The zero-order valence-corrected chi connectivity index (χ0v) is 16.3. The topological polar surface area (TPSA) is 39.7 Å². The molecular weight excluding hydrogens is 336 g/mol. The summed E-state index contributed by atoms with van der Waals surface area (Å²) in [5, 5.41) is 0. The minimum atomic E-state index is 0.232. The SMILES string of the molecule is O=C([C@@H]1CC=CCC1)N1CCC[C@@H](CN2CCN(c3ccccn3)CC2)C1. The number of carbonyl (C=O) groups is 1. The van der Waals surface area contributed by atoms with E-state index in [1.807, 2.05) is 12.3 Å². The minimum absolute atomic E-state index is 0.232. The van der Waals surface area contributed by atoms with Crippen molar-refractivity contribution in [3.8, 4) is 0 Å². The number of likely N-dealkylation sites (tertiary alicyclic amines) is 1. The first-order valence-corrected chi connectivity index (χ1v) is 10.6. The van der Waals surface area contributed by atoms with Crippen molar-refractivity contribution in [3.63, 3.8) is 0 Å². The zero-order chi connectivity index (χ0) is 18.5. The van der Waals surface area contributed by atoms with Gasteiger partial charge in [0.05, 0.1) is 0 Å².